The molecule has 0 N–H and O–H groups in total. The minimum atomic E-state index is -4.26. The Morgan fingerprint density at radius 3 is 2.35 bits per heavy atom. The van der Waals surface area contributed by atoms with Crippen molar-refractivity contribution in [2.45, 2.75) is 12.6 Å². The summed E-state index contributed by atoms with van der Waals surface area (Å²) in [5, 5.41) is 0. The van der Waals surface area contributed by atoms with Crippen LogP contribution in [0, 0.1) is 5.92 Å². The first kappa shape index (κ1) is 13.4. The van der Waals surface area contributed by atoms with E-state index in [2.05, 4.69) is 11.0 Å². The number of hydrogen-bond acceptors (Lipinski definition) is 1. The van der Waals surface area contributed by atoms with E-state index >= 15 is 0 Å². The molecule has 0 saturated heterocycles. The van der Waals surface area contributed by atoms with Gasteiger partial charge < -0.3 is 4.90 Å². The van der Waals surface area contributed by atoms with Crippen molar-refractivity contribution in [3.8, 4) is 0 Å². The van der Waals surface area contributed by atoms with Gasteiger partial charge in [-0.2, -0.15) is 13.2 Å². The van der Waals surface area contributed by atoms with Gasteiger partial charge in [0.25, 0.3) is 0 Å². The molecule has 0 saturated carbocycles. The molecule has 4 heteroatoms. The number of benzene rings is 1. The predicted octanol–water partition coefficient (Wildman–Crippen LogP) is 3.98. The molecule has 1 aromatic rings. The van der Waals surface area contributed by atoms with Crippen LogP contribution in [0.2, 0.25) is 0 Å². The monoisotopic (exact) mass is 279 g/mol. The van der Waals surface area contributed by atoms with E-state index in [1.54, 1.807) is 12.1 Å². The zero-order valence-electron chi connectivity index (χ0n) is 11.5. The second kappa shape index (κ2) is 4.48. The molecule has 0 spiro atoms. The van der Waals surface area contributed by atoms with Crippen molar-refractivity contribution in [1.29, 1.82) is 0 Å². The minimum Gasteiger partial charge on any atom is -0.305 e. The number of allylic oxidation sites excluding steroid dienone is 3. The number of fused-ring (bicyclic) bond motifs is 1. The average Bonchev–Trinajstić information content (AvgIpc) is 2.85. The number of halogens is 3. The molecule has 0 unspecified atom stereocenters. The van der Waals surface area contributed by atoms with Gasteiger partial charge in [-0.15, -0.1) is 0 Å². The molecule has 106 valence electrons. The average molecular weight is 279 g/mol. The van der Waals surface area contributed by atoms with E-state index in [1.807, 2.05) is 14.1 Å². The molecule has 0 bridgehead atoms. The Balaban J connectivity index is 1.83. The highest BCUT2D eigenvalue weighted by molar-refractivity contribution is 5.89. The quantitative estimate of drug-likeness (QED) is 0.809. The predicted molar refractivity (Wildman–Crippen MR) is 73.1 cm³/mol. The molecule has 20 heavy (non-hydrogen) atoms. The Hall–Kier alpha value is -1.55. The molecule has 2 aliphatic carbocycles. The fourth-order valence-corrected chi connectivity index (χ4v) is 2.93. The summed E-state index contributed by atoms with van der Waals surface area (Å²) in [7, 11) is 4.06. The van der Waals surface area contributed by atoms with E-state index in [4.69, 9.17) is 0 Å². The van der Waals surface area contributed by atoms with Gasteiger partial charge in [0, 0.05) is 12.5 Å². The smallest absolute Gasteiger partial charge is 0.305 e. The lowest BCUT2D eigenvalue weighted by Crippen LogP contribution is -2.12. The summed E-state index contributed by atoms with van der Waals surface area (Å²) >= 11 is 0. The van der Waals surface area contributed by atoms with Gasteiger partial charge in [-0.25, -0.2) is 0 Å². The summed E-state index contributed by atoms with van der Waals surface area (Å²) in [6.45, 7) is 0.942. The molecule has 1 atom stereocenters. The van der Waals surface area contributed by atoms with Crippen molar-refractivity contribution in [2.75, 3.05) is 20.6 Å². The molecule has 3 rings (SSSR count). The van der Waals surface area contributed by atoms with Gasteiger partial charge in [-0.05, 0) is 54.9 Å². The molecule has 2 aliphatic rings. The Labute approximate surface area is 116 Å². The van der Waals surface area contributed by atoms with Crippen LogP contribution >= 0.6 is 0 Å². The van der Waals surface area contributed by atoms with E-state index < -0.39 is 11.7 Å². The summed E-state index contributed by atoms with van der Waals surface area (Å²) in [5.74, 6) is 0.537. The van der Waals surface area contributed by atoms with Crippen molar-refractivity contribution in [3.63, 3.8) is 0 Å². The van der Waals surface area contributed by atoms with Crippen LogP contribution in [0.1, 0.15) is 17.5 Å². The van der Waals surface area contributed by atoms with E-state index in [1.165, 1.54) is 11.1 Å². The number of nitrogens with zero attached hydrogens (tertiary/aromatic N) is 1. The van der Waals surface area contributed by atoms with Crippen molar-refractivity contribution in [3.05, 3.63) is 52.6 Å². The van der Waals surface area contributed by atoms with Gasteiger partial charge in [0.15, 0.2) is 0 Å². The van der Waals surface area contributed by atoms with Crippen LogP contribution in [0.5, 0.6) is 0 Å². The Bertz CT molecular complexity index is 591. The summed E-state index contributed by atoms with van der Waals surface area (Å²) in [6, 6.07) is 5.49. The third kappa shape index (κ3) is 2.29. The van der Waals surface area contributed by atoms with E-state index in [0.29, 0.717) is 5.92 Å². The van der Waals surface area contributed by atoms with Crippen LogP contribution in [-0.4, -0.2) is 25.5 Å². The highest BCUT2D eigenvalue weighted by Gasteiger charge is 2.41. The molecule has 0 aromatic heterocycles. The zero-order valence-corrected chi connectivity index (χ0v) is 11.5. The molecule has 0 amide bonds. The van der Waals surface area contributed by atoms with Crippen LogP contribution in [0.25, 0.3) is 5.57 Å². The maximum absolute atomic E-state index is 12.6. The minimum absolute atomic E-state index is 0.537. The molecule has 1 aromatic carbocycles. The van der Waals surface area contributed by atoms with Gasteiger partial charge >= 0.3 is 6.18 Å². The first-order valence-electron chi connectivity index (χ1n) is 6.64. The summed E-state index contributed by atoms with van der Waals surface area (Å²) < 4.78 is 37.7. The van der Waals surface area contributed by atoms with Crippen LogP contribution in [-0.2, 0) is 6.18 Å². The number of likely N-dealkylation sites (N-methyl/N-ethyl adjacent to an activating group) is 1. The topological polar surface area (TPSA) is 3.24 Å². The van der Waals surface area contributed by atoms with Crippen molar-refractivity contribution < 1.29 is 13.2 Å². The molecule has 0 radical (unpaired) electrons. The van der Waals surface area contributed by atoms with Gasteiger partial charge in [0.1, 0.15) is 0 Å². The van der Waals surface area contributed by atoms with E-state index in [9.17, 15) is 13.2 Å². The summed E-state index contributed by atoms with van der Waals surface area (Å²) in [5.41, 5.74) is 4.21. The van der Waals surface area contributed by atoms with E-state index in [-0.39, 0.29) is 0 Å². The van der Waals surface area contributed by atoms with Gasteiger partial charge in [0.2, 0.25) is 0 Å². The highest BCUT2D eigenvalue weighted by Crippen LogP contribution is 2.55. The SMILES string of the molecule is CN(C)CC1=C2C(c3ccc(C(F)(F)F)cc3)=CC[C@H]12. The van der Waals surface area contributed by atoms with Gasteiger partial charge in [0.05, 0.1) is 5.56 Å². The second-order valence-corrected chi connectivity index (χ2v) is 5.66. The molecule has 1 nitrogen and oxygen atoms in total. The van der Waals surface area contributed by atoms with Gasteiger partial charge in [-0.3, -0.25) is 0 Å². The van der Waals surface area contributed by atoms with Gasteiger partial charge in [-0.1, -0.05) is 18.2 Å². The maximum atomic E-state index is 12.6. The van der Waals surface area contributed by atoms with Crippen molar-refractivity contribution in [2.24, 2.45) is 5.92 Å². The molecule has 0 fully saturated rings. The first-order chi connectivity index (χ1) is 9.38. The Morgan fingerprint density at radius 1 is 1.15 bits per heavy atom. The fourth-order valence-electron chi connectivity index (χ4n) is 2.93. The number of alkyl halides is 3. The lowest BCUT2D eigenvalue weighted by Gasteiger charge is -2.08. The third-order valence-electron chi connectivity index (χ3n) is 3.89. The van der Waals surface area contributed by atoms with E-state index in [0.717, 1.165) is 36.2 Å². The Kier molecular flexibility index (Phi) is 3.01. The van der Waals surface area contributed by atoms with Crippen LogP contribution in [0.4, 0.5) is 13.2 Å². The maximum Gasteiger partial charge on any atom is 0.416 e. The molecular weight excluding hydrogens is 263 g/mol. The zero-order chi connectivity index (χ0) is 14.5. The lowest BCUT2D eigenvalue weighted by molar-refractivity contribution is -0.137. The molecule has 0 aliphatic heterocycles. The molecule has 0 heterocycles. The number of rotatable bonds is 3. The summed E-state index contributed by atoms with van der Waals surface area (Å²) in [6.07, 6.45) is -1.13. The van der Waals surface area contributed by atoms with Crippen LogP contribution in [0.3, 0.4) is 0 Å². The normalized spacial score (nSPS) is 21.3. The summed E-state index contributed by atoms with van der Waals surface area (Å²) in [4.78, 5) is 2.13. The lowest BCUT2D eigenvalue weighted by atomic mass is 10.0. The number of hydrogen-bond donors (Lipinski definition) is 0. The largest absolute Gasteiger partial charge is 0.416 e. The standard InChI is InChI=1S/C16H16F3N/c1-20(2)9-14-13-8-7-12(15(13)14)10-3-5-11(6-4-10)16(17,18)19/h3-7,13H,8-9H2,1-2H3/t13-/m1/s1. The van der Waals surface area contributed by atoms with Crippen LogP contribution < -0.4 is 0 Å². The van der Waals surface area contributed by atoms with Crippen molar-refractivity contribution in [1.82, 2.24) is 4.90 Å². The second-order valence-electron chi connectivity index (χ2n) is 5.66. The first-order valence-corrected chi connectivity index (χ1v) is 6.64. The van der Waals surface area contributed by atoms with Crippen LogP contribution in [0.15, 0.2) is 41.5 Å². The third-order valence-corrected chi connectivity index (χ3v) is 3.89. The van der Waals surface area contributed by atoms with Crippen molar-refractivity contribution >= 4 is 5.57 Å². The Morgan fingerprint density at radius 2 is 1.80 bits per heavy atom. The fraction of sp³-hybridized carbons (Fsp3) is 0.375. The molecular formula is C16H16F3N. The highest BCUT2D eigenvalue weighted by atomic mass is 19.4.